The van der Waals surface area contributed by atoms with Crippen LogP contribution in [0, 0.1) is 10.1 Å². The monoisotopic (exact) mass is 265 g/mol. The maximum absolute atomic E-state index is 11.7. The van der Waals surface area contributed by atoms with Crippen molar-refractivity contribution in [2.24, 2.45) is 0 Å². The summed E-state index contributed by atoms with van der Waals surface area (Å²) in [5.41, 5.74) is -0.579. The first-order chi connectivity index (χ1) is 9.06. The summed E-state index contributed by atoms with van der Waals surface area (Å²) in [5.74, 6) is -1.19. The van der Waals surface area contributed by atoms with E-state index in [-0.39, 0.29) is 12.0 Å². The Bertz CT molecular complexity index is 488. The molecule has 0 bridgehead atoms. The Morgan fingerprint density at radius 2 is 2.16 bits per heavy atom. The van der Waals surface area contributed by atoms with Crippen LogP contribution >= 0.6 is 0 Å². The molecule has 0 radical (unpaired) electrons. The molecule has 0 atom stereocenters. The molecule has 0 unspecified atom stereocenters. The van der Waals surface area contributed by atoms with Crippen LogP contribution in [-0.4, -0.2) is 21.7 Å². The number of pyridine rings is 1. The highest BCUT2D eigenvalue weighted by molar-refractivity contribution is 6.06. The second-order valence-electron chi connectivity index (χ2n) is 3.98. The third-order valence-electron chi connectivity index (χ3n) is 2.50. The minimum absolute atomic E-state index is 0.163. The molecule has 2 amide bonds. The SMILES string of the molecule is CCCCCC(=O)NC(=O)c1ccncc1[N+](=O)[O-]. The minimum Gasteiger partial charge on any atom is -0.292 e. The maximum atomic E-state index is 11.7. The van der Waals surface area contributed by atoms with Gasteiger partial charge in [-0.1, -0.05) is 19.8 Å². The lowest BCUT2D eigenvalue weighted by atomic mass is 10.2. The average molecular weight is 265 g/mol. The molecule has 0 saturated heterocycles. The van der Waals surface area contributed by atoms with Gasteiger partial charge >= 0.3 is 0 Å². The van der Waals surface area contributed by atoms with Gasteiger partial charge in [-0.05, 0) is 12.5 Å². The van der Waals surface area contributed by atoms with Crippen molar-refractivity contribution in [3.8, 4) is 0 Å². The fourth-order valence-corrected chi connectivity index (χ4v) is 1.52. The predicted molar refractivity (Wildman–Crippen MR) is 67.5 cm³/mol. The van der Waals surface area contributed by atoms with E-state index in [4.69, 9.17) is 0 Å². The first-order valence-corrected chi connectivity index (χ1v) is 5.98. The Morgan fingerprint density at radius 3 is 2.79 bits per heavy atom. The predicted octanol–water partition coefficient (Wildman–Crippen LogP) is 1.83. The van der Waals surface area contributed by atoms with Gasteiger partial charge in [-0.15, -0.1) is 0 Å². The zero-order chi connectivity index (χ0) is 14.3. The molecule has 0 aromatic carbocycles. The van der Waals surface area contributed by atoms with Crippen molar-refractivity contribution in [2.75, 3.05) is 0 Å². The molecule has 19 heavy (non-hydrogen) atoms. The molecule has 1 aromatic heterocycles. The van der Waals surface area contributed by atoms with Crippen LogP contribution < -0.4 is 5.32 Å². The number of nitrogens with zero attached hydrogens (tertiary/aromatic N) is 2. The van der Waals surface area contributed by atoms with Crippen LogP contribution in [-0.2, 0) is 4.79 Å². The number of imide groups is 1. The molecule has 0 fully saturated rings. The number of nitrogens with one attached hydrogen (secondary N) is 1. The average Bonchev–Trinajstić information content (AvgIpc) is 2.39. The molecule has 0 aliphatic rings. The van der Waals surface area contributed by atoms with Crippen LogP contribution in [0.4, 0.5) is 5.69 Å². The van der Waals surface area contributed by atoms with Gasteiger partial charge < -0.3 is 0 Å². The van der Waals surface area contributed by atoms with Gasteiger partial charge in [0.05, 0.1) is 4.92 Å². The van der Waals surface area contributed by atoms with Crippen LogP contribution in [0.2, 0.25) is 0 Å². The summed E-state index contributed by atoms with van der Waals surface area (Å²) >= 11 is 0. The first-order valence-electron chi connectivity index (χ1n) is 5.98. The van der Waals surface area contributed by atoms with Crippen LogP contribution in [0.1, 0.15) is 43.0 Å². The number of carbonyl (C=O) groups is 2. The number of hydrogen-bond acceptors (Lipinski definition) is 5. The van der Waals surface area contributed by atoms with Crippen molar-refractivity contribution in [1.29, 1.82) is 0 Å². The summed E-state index contributed by atoms with van der Waals surface area (Å²) < 4.78 is 0. The number of unbranched alkanes of at least 4 members (excludes halogenated alkanes) is 2. The van der Waals surface area contributed by atoms with Gasteiger partial charge in [0.15, 0.2) is 0 Å². The van der Waals surface area contributed by atoms with Crippen molar-refractivity contribution in [2.45, 2.75) is 32.6 Å². The van der Waals surface area contributed by atoms with E-state index in [1.165, 1.54) is 12.3 Å². The fraction of sp³-hybridized carbons (Fsp3) is 0.417. The Balaban J connectivity index is 2.68. The lowest BCUT2D eigenvalue weighted by Crippen LogP contribution is -2.30. The Morgan fingerprint density at radius 1 is 1.42 bits per heavy atom. The topological polar surface area (TPSA) is 102 Å². The minimum atomic E-state index is -0.768. The van der Waals surface area contributed by atoms with Gasteiger partial charge in [0, 0.05) is 12.6 Å². The van der Waals surface area contributed by atoms with E-state index in [2.05, 4.69) is 10.3 Å². The molecular formula is C12H15N3O4. The number of amides is 2. The summed E-state index contributed by atoms with van der Waals surface area (Å²) in [6.07, 6.45) is 5.04. The molecule has 7 heteroatoms. The van der Waals surface area contributed by atoms with Crippen LogP contribution in [0.3, 0.4) is 0 Å². The van der Waals surface area contributed by atoms with E-state index in [1.807, 2.05) is 6.92 Å². The molecule has 0 saturated carbocycles. The lowest BCUT2D eigenvalue weighted by Gasteiger charge is -2.04. The molecule has 0 aliphatic heterocycles. The molecular weight excluding hydrogens is 250 g/mol. The molecule has 0 spiro atoms. The Kier molecular flexibility index (Phi) is 5.59. The van der Waals surface area contributed by atoms with Gasteiger partial charge in [0.1, 0.15) is 11.8 Å². The molecule has 1 heterocycles. The van der Waals surface area contributed by atoms with Gasteiger partial charge in [0.25, 0.3) is 11.6 Å². The number of nitro groups is 1. The van der Waals surface area contributed by atoms with Gasteiger partial charge in [-0.2, -0.15) is 0 Å². The highest BCUT2D eigenvalue weighted by Crippen LogP contribution is 2.15. The number of rotatable bonds is 6. The summed E-state index contributed by atoms with van der Waals surface area (Å²) in [5, 5.41) is 12.9. The van der Waals surface area contributed by atoms with Crippen LogP contribution in [0.25, 0.3) is 0 Å². The number of carbonyl (C=O) groups excluding carboxylic acids is 2. The first kappa shape index (κ1) is 14.7. The van der Waals surface area contributed by atoms with Gasteiger partial charge in [0.2, 0.25) is 5.91 Å². The molecule has 0 aliphatic carbocycles. The third kappa shape index (κ3) is 4.46. The molecule has 1 rings (SSSR count). The molecule has 102 valence electrons. The fourth-order valence-electron chi connectivity index (χ4n) is 1.52. The van der Waals surface area contributed by atoms with E-state index in [0.29, 0.717) is 6.42 Å². The number of aromatic nitrogens is 1. The molecule has 1 N–H and O–H groups in total. The Hall–Kier alpha value is -2.31. The van der Waals surface area contributed by atoms with E-state index < -0.39 is 22.4 Å². The van der Waals surface area contributed by atoms with E-state index in [9.17, 15) is 19.7 Å². The third-order valence-corrected chi connectivity index (χ3v) is 2.50. The van der Waals surface area contributed by atoms with E-state index in [0.717, 1.165) is 19.0 Å². The van der Waals surface area contributed by atoms with Crippen LogP contribution in [0.5, 0.6) is 0 Å². The van der Waals surface area contributed by atoms with Crippen LogP contribution in [0.15, 0.2) is 18.5 Å². The standard InChI is InChI=1S/C12H15N3O4/c1-2-3-4-5-11(16)14-12(17)9-6-7-13-8-10(9)15(18)19/h6-8H,2-5H2,1H3,(H,14,16,17). The highest BCUT2D eigenvalue weighted by atomic mass is 16.6. The van der Waals surface area contributed by atoms with Crippen molar-refractivity contribution >= 4 is 17.5 Å². The summed E-state index contributed by atoms with van der Waals surface area (Å²) in [6, 6.07) is 1.22. The second kappa shape index (κ2) is 7.20. The lowest BCUT2D eigenvalue weighted by molar-refractivity contribution is -0.385. The zero-order valence-electron chi connectivity index (χ0n) is 10.6. The quantitative estimate of drug-likeness (QED) is 0.480. The smallest absolute Gasteiger partial charge is 0.292 e. The van der Waals surface area contributed by atoms with Crippen molar-refractivity contribution in [1.82, 2.24) is 10.3 Å². The zero-order valence-corrected chi connectivity index (χ0v) is 10.6. The Labute approximate surface area is 110 Å². The van der Waals surface area contributed by atoms with Gasteiger partial charge in [-0.25, -0.2) is 0 Å². The second-order valence-corrected chi connectivity index (χ2v) is 3.98. The van der Waals surface area contributed by atoms with Crippen molar-refractivity contribution in [3.05, 3.63) is 34.1 Å². The van der Waals surface area contributed by atoms with Crippen molar-refractivity contribution < 1.29 is 14.5 Å². The summed E-state index contributed by atoms with van der Waals surface area (Å²) in [4.78, 5) is 36.8. The largest absolute Gasteiger partial charge is 0.300 e. The van der Waals surface area contributed by atoms with E-state index >= 15 is 0 Å². The van der Waals surface area contributed by atoms with E-state index in [1.54, 1.807) is 0 Å². The van der Waals surface area contributed by atoms with Crippen molar-refractivity contribution in [3.63, 3.8) is 0 Å². The molecule has 1 aromatic rings. The van der Waals surface area contributed by atoms with Gasteiger partial charge in [-0.3, -0.25) is 30.0 Å². The molecule has 7 nitrogen and oxygen atoms in total. The maximum Gasteiger partial charge on any atom is 0.300 e. The summed E-state index contributed by atoms with van der Waals surface area (Å²) in [6.45, 7) is 2.00. The number of hydrogen-bond donors (Lipinski definition) is 1. The summed E-state index contributed by atoms with van der Waals surface area (Å²) in [7, 11) is 0. The normalized spacial score (nSPS) is 9.95. The highest BCUT2D eigenvalue weighted by Gasteiger charge is 2.21.